The summed E-state index contributed by atoms with van der Waals surface area (Å²) in [6, 6.07) is 13.5. The van der Waals surface area contributed by atoms with Crippen LogP contribution < -0.4 is 15.4 Å². The quantitative estimate of drug-likeness (QED) is 0.0606. The first-order valence-electron chi connectivity index (χ1n) is 23.8. The van der Waals surface area contributed by atoms with Gasteiger partial charge in [-0.15, -0.1) is 5.10 Å². The van der Waals surface area contributed by atoms with Gasteiger partial charge in [0.1, 0.15) is 77.0 Å². The highest BCUT2D eigenvalue weighted by Crippen LogP contribution is 2.43. The van der Waals surface area contributed by atoms with Crippen molar-refractivity contribution in [1.82, 2.24) is 44.9 Å². The molecule has 5 amide bonds. The Kier molecular flexibility index (Phi) is 14.6. The number of aryl methyl sites for hydroxylation is 1. The summed E-state index contributed by atoms with van der Waals surface area (Å²) in [4.78, 5) is 71.6. The van der Waals surface area contributed by atoms with Gasteiger partial charge in [0, 0.05) is 59.4 Å². The van der Waals surface area contributed by atoms with Gasteiger partial charge in [-0.3, -0.25) is 29.3 Å². The number of carbonyl (C=O) groups is 5. The molecule has 10 rings (SSSR count). The molecule has 402 valence electrons. The van der Waals surface area contributed by atoms with Crippen molar-refractivity contribution in [1.29, 1.82) is 0 Å². The van der Waals surface area contributed by atoms with Crippen molar-refractivity contribution in [3.05, 3.63) is 135 Å². The number of amides is 5. The van der Waals surface area contributed by atoms with E-state index >= 15 is 0 Å². The lowest BCUT2D eigenvalue weighted by atomic mass is 9.91. The minimum atomic E-state index is -4.91. The van der Waals surface area contributed by atoms with E-state index in [1.54, 1.807) is 36.4 Å². The molecule has 0 radical (unpaired) electrons. The number of nitrogens with zero attached hydrogens (tertiary/aromatic N) is 8. The molecule has 27 heteroatoms. The number of aliphatic hydroxyl groups excluding tert-OH is 2. The summed E-state index contributed by atoms with van der Waals surface area (Å²) in [7, 11) is 0. The topological polar surface area (TPSA) is 245 Å². The van der Waals surface area contributed by atoms with Crippen molar-refractivity contribution in [2.24, 2.45) is 5.92 Å². The summed E-state index contributed by atoms with van der Waals surface area (Å²) in [6.45, 7) is 0.639. The lowest BCUT2D eigenvalue weighted by Crippen LogP contribution is -2.56. The Balaban J connectivity index is 0.808. The van der Waals surface area contributed by atoms with Crippen molar-refractivity contribution in [3.8, 4) is 22.7 Å². The summed E-state index contributed by atoms with van der Waals surface area (Å²) in [5, 5.41) is 38.8. The Morgan fingerprint density at radius 3 is 2.43 bits per heavy atom. The molecule has 1 unspecified atom stereocenters. The van der Waals surface area contributed by atoms with Crippen molar-refractivity contribution < 1.29 is 70.3 Å². The second kappa shape index (κ2) is 21.2. The molecule has 0 aliphatic carbocycles. The van der Waals surface area contributed by atoms with E-state index in [0.717, 1.165) is 39.7 Å². The summed E-state index contributed by atoms with van der Waals surface area (Å²) in [6.07, 6.45) is -9.75. The van der Waals surface area contributed by atoms with Crippen LogP contribution in [-0.2, 0) is 36.6 Å². The molecule has 0 bridgehead atoms. The van der Waals surface area contributed by atoms with Gasteiger partial charge >= 0.3 is 6.18 Å². The van der Waals surface area contributed by atoms with Crippen LogP contribution in [0, 0.1) is 24.5 Å². The van der Waals surface area contributed by atoms with Gasteiger partial charge in [-0.2, -0.15) is 18.3 Å². The number of hydrogen-bond acceptors (Lipinski definition) is 14. The Morgan fingerprint density at radius 1 is 0.987 bits per heavy atom. The predicted octanol–water partition coefficient (Wildman–Crippen LogP) is 5.41. The Morgan fingerprint density at radius 2 is 1.73 bits per heavy atom. The number of ether oxygens (including phenoxy) is 3. The number of rotatable bonds is 14. The number of likely N-dealkylation sites (tertiary alicyclic amines) is 1. The molecule has 2 aromatic heterocycles. The van der Waals surface area contributed by atoms with Crippen LogP contribution in [0.5, 0.6) is 5.75 Å². The van der Waals surface area contributed by atoms with Gasteiger partial charge in [0.2, 0.25) is 17.7 Å². The highest BCUT2D eigenvalue weighted by atomic mass is 35.5. The van der Waals surface area contributed by atoms with E-state index in [9.17, 15) is 56.1 Å². The average Bonchev–Trinajstić information content (AvgIpc) is 4.16. The largest absolute Gasteiger partial charge is 0.493 e. The third-order valence-electron chi connectivity index (χ3n) is 13.5. The number of fused-ring (bicyclic) bond motifs is 1. The highest BCUT2D eigenvalue weighted by molar-refractivity contribution is 6.31. The second-order valence-electron chi connectivity index (χ2n) is 18.7. The van der Waals surface area contributed by atoms with E-state index in [4.69, 9.17) is 37.4 Å². The minimum Gasteiger partial charge on any atom is -0.493 e. The van der Waals surface area contributed by atoms with E-state index < -0.39 is 102 Å². The van der Waals surface area contributed by atoms with Crippen molar-refractivity contribution in [3.63, 3.8) is 0 Å². The molecule has 0 saturated carbocycles. The number of halogens is 7. The fraction of sp³-hybridized carbons (Fsp3) is 0.340. The lowest BCUT2D eigenvalue weighted by molar-refractivity contribution is -0.225. The maximum atomic E-state index is 14.6. The van der Waals surface area contributed by atoms with Gasteiger partial charge < -0.3 is 39.5 Å². The molecule has 77 heavy (non-hydrogen) atoms. The number of benzene rings is 4. The maximum absolute atomic E-state index is 14.6. The van der Waals surface area contributed by atoms with Crippen LogP contribution in [0.4, 0.5) is 27.6 Å². The van der Waals surface area contributed by atoms with E-state index in [0.29, 0.717) is 22.6 Å². The number of imide groups is 1. The molecule has 6 atom stereocenters. The monoisotopic (exact) mass is 1110 g/mol. The van der Waals surface area contributed by atoms with E-state index in [-0.39, 0.29) is 90.3 Å². The third-order valence-corrected chi connectivity index (χ3v) is 14.1. The summed E-state index contributed by atoms with van der Waals surface area (Å²) < 4.78 is 92.9. The Labute approximate surface area is 442 Å². The van der Waals surface area contributed by atoms with Crippen LogP contribution >= 0.6 is 23.2 Å². The van der Waals surface area contributed by atoms with E-state index in [2.05, 4.69) is 31.0 Å². The zero-order valence-corrected chi connectivity index (χ0v) is 41.6. The first kappa shape index (κ1) is 53.0. The van der Waals surface area contributed by atoms with E-state index in [1.165, 1.54) is 29.0 Å². The zero-order chi connectivity index (χ0) is 54.6. The van der Waals surface area contributed by atoms with Gasteiger partial charge in [-0.25, -0.2) is 23.1 Å². The van der Waals surface area contributed by atoms with Crippen LogP contribution in [-0.4, -0.2) is 137 Å². The van der Waals surface area contributed by atoms with Crippen LogP contribution in [0.15, 0.2) is 79.0 Å². The first-order valence-corrected chi connectivity index (χ1v) is 24.5. The first-order chi connectivity index (χ1) is 36.7. The predicted molar refractivity (Wildman–Crippen MR) is 258 cm³/mol. The van der Waals surface area contributed by atoms with E-state index in [1.807, 2.05) is 0 Å². The molecule has 0 spiro atoms. The molecule has 4 aliphatic heterocycles. The third kappa shape index (κ3) is 10.7. The van der Waals surface area contributed by atoms with Crippen molar-refractivity contribution in [2.75, 3.05) is 38.2 Å². The summed E-state index contributed by atoms with van der Waals surface area (Å²) in [5.74, 6) is -4.60. The molecule has 3 saturated heterocycles. The van der Waals surface area contributed by atoms with Crippen LogP contribution in [0.3, 0.4) is 0 Å². The number of hydrogen-bond donors (Lipinski definition) is 4. The van der Waals surface area contributed by atoms with Crippen LogP contribution in [0.2, 0.25) is 10.0 Å². The molecule has 6 heterocycles. The van der Waals surface area contributed by atoms with Gasteiger partial charge in [-0.1, -0.05) is 34.5 Å². The van der Waals surface area contributed by atoms with Gasteiger partial charge in [-0.05, 0) is 85.6 Å². The fourth-order valence-electron chi connectivity index (χ4n) is 9.65. The number of piperidine rings is 1. The average molecular weight is 1110 g/mol. The molecule has 4 aromatic carbocycles. The highest BCUT2D eigenvalue weighted by Gasteiger charge is 2.51. The number of aliphatic hydroxyl groups is 2. The second-order valence-corrected chi connectivity index (χ2v) is 19.5. The van der Waals surface area contributed by atoms with Crippen molar-refractivity contribution >= 4 is 58.4 Å². The fourth-order valence-corrected chi connectivity index (χ4v) is 9.93. The van der Waals surface area contributed by atoms with Gasteiger partial charge in [0.25, 0.3) is 11.8 Å². The smallest absolute Gasteiger partial charge is 0.418 e. The number of anilines is 1. The summed E-state index contributed by atoms with van der Waals surface area (Å²) in [5.41, 5.74) is -0.269. The normalized spacial score (nSPS) is 21.7. The Bertz CT molecular complexity index is 3300. The van der Waals surface area contributed by atoms with Crippen molar-refractivity contribution in [2.45, 2.75) is 69.0 Å². The maximum Gasteiger partial charge on any atom is 0.418 e. The summed E-state index contributed by atoms with van der Waals surface area (Å²) >= 11 is 11.9. The molecule has 20 nitrogen and oxygen atoms in total. The van der Waals surface area contributed by atoms with Crippen LogP contribution in [0.1, 0.15) is 68.5 Å². The van der Waals surface area contributed by atoms with Crippen LogP contribution in [0.25, 0.3) is 16.9 Å². The standard InChI is InChI=1S/C50H43Cl2F5N10O10/c1-23-58-46(67(62-23)37-14-28(51)5-9-32(37)50(55,56)57)45-44(42(43(71)38(20-68)77-45)66-19-35(61-63-66)27-12-33(53)41(52)34(54)13-27)76-22-40(70)64-16-24(17-64)21-75-30-7-3-25(4-8-30)47(72)59-29-6-2-26-18-65(49(74)31(26)15-29)36-10-11-39(69)60-48(36)73/h2-9,12-15,19,24,36,38,42-45,68,71H,10-11,16-18,20-22H2,1H3,(H,59,72)(H,60,69,73)/t36?,38-,42+,43+,44-,45-/m1/s1. The SMILES string of the molecule is Cc1nc([C@@H]2O[C@H](CO)[C@H](O)[C@H](n3cc(-c4cc(F)c(Cl)c(F)c4)nn3)[C@H]2OCC(=O)N2CC(COc3ccc(C(=O)Nc4ccc5c(c4)C(=O)N(C4CCC(=O)NC4=O)C5)cc3)C2)n(-c2cc(Cl)ccc2C(F)(F)F)n1. The minimum absolute atomic E-state index is 0.0332. The Hall–Kier alpha value is -7.42. The molecule has 3 fully saturated rings. The van der Waals surface area contributed by atoms with Gasteiger partial charge in [0.05, 0.1) is 30.7 Å². The number of nitrogens with one attached hydrogen (secondary N) is 2. The molecular weight excluding hydrogens is 1070 g/mol. The molecule has 4 aliphatic rings. The molecule has 4 N–H and O–H groups in total. The molecular formula is C50H43Cl2F5N10O10. The zero-order valence-electron chi connectivity index (χ0n) is 40.1. The van der Waals surface area contributed by atoms with Gasteiger partial charge in [0.15, 0.2) is 5.82 Å². The number of carbonyl (C=O) groups excluding carboxylic acids is 5. The number of aromatic nitrogens is 6. The molecule has 6 aromatic rings. The lowest BCUT2D eigenvalue weighted by Gasteiger charge is -2.44. The number of alkyl halides is 3.